The summed E-state index contributed by atoms with van der Waals surface area (Å²) in [6, 6.07) is 5.69. The van der Waals surface area contributed by atoms with E-state index >= 15 is 0 Å². The summed E-state index contributed by atoms with van der Waals surface area (Å²) in [5.41, 5.74) is 2.92. The van der Waals surface area contributed by atoms with Gasteiger partial charge in [0.25, 0.3) is 5.91 Å². The molecule has 1 amide bonds. The van der Waals surface area contributed by atoms with E-state index in [-0.39, 0.29) is 11.5 Å². The minimum Gasteiger partial charge on any atom is -0.483 e. The van der Waals surface area contributed by atoms with Crippen LogP contribution in [0.15, 0.2) is 18.2 Å². The van der Waals surface area contributed by atoms with Crippen molar-refractivity contribution in [3.8, 4) is 11.5 Å². The molecule has 5 nitrogen and oxygen atoms in total. The van der Waals surface area contributed by atoms with E-state index in [2.05, 4.69) is 5.43 Å². The number of para-hydroxylation sites is 1. The monoisotopic (exact) mass is 250 g/mol. The summed E-state index contributed by atoms with van der Waals surface area (Å²) in [6.07, 6.45) is 0.172. The maximum absolute atomic E-state index is 11.3. The lowest BCUT2D eigenvalue weighted by atomic mass is 10.0. The number of rotatable bonds is 3. The molecule has 18 heavy (non-hydrogen) atoms. The molecule has 0 radical (unpaired) electrons. The van der Waals surface area contributed by atoms with Gasteiger partial charge in [0, 0.05) is 12.0 Å². The number of nitrogens with two attached hydrogens (primary N) is 1. The Kier molecular flexibility index (Phi) is 3.17. The standard InChI is InChI=1S/C13H18N2O3/c1-8(12(16)15-14)17-10-6-4-5-9-7-13(2,3)18-11(9)10/h4-6,8H,7,14H2,1-3H3,(H,15,16). The van der Waals surface area contributed by atoms with Crippen LogP contribution < -0.4 is 20.7 Å². The van der Waals surface area contributed by atoms with Crippen molar-refractivity contribution in [2.45, 2.75) is 38.9 Å². The molecule has 1 aromatic carbocycles. The third-order valence-electron chi connectivity index (χ3n) is 2.87. The van der Waals surface area contributed by atoms with Gasteiger partial charge < -0.3 is 9.47 Å². The van der Waals surface area contributed by atoms with Crippen LogP contribution in [-0.2, 0) is 11.2 Å². The summed E-state index contributed by atoms with van der Waals surface area (Å²) in [5, 5.41) is 0. The van der Waals surface area contributed by atoms with Gasteiger partial charge in [-0.1, -0.05) is 12.1 Å². The van der Waals surface area contributed by atoms with Gasteiger partial charge in [-0.25, -0.2) is 5.84 Å². The molecule has 98 valence electrons. The molecule has 0 saturated heterocycles. The molecule has 5 heteroatoms. The molecule has 0 spiro atoms. The highest BCUT2D eigenvalue weighted by Crippen LogP contribution is 2.41. The highest BCUT2D eigenvalue weighted by atomic mass is 16.5. The van der Waals surface area contributed by atoms with Crippen LogP contribution in [0.3, 0.4) is 0 Å². The summed E-state index contributed by atoms with van der Waals surface area (Å²) in [4.78, 5) is 11.3. The van der Waals surface area contributed by atoms with Crippen LogP contribution in [0, 0.1) is 0 Å². The van der Waals surface area contributed by atoms with Crippen molar-refractivity contribution in [1.29, 1.82) is 0 Å². The maximum atomic E-state index is 11.3. The number of fused-ring (bicyclic) bond motifs is 1. The fraction of sp³-hybridized carbons (Fsp3) is 0.462. The molecule has 0 bridgehead atoms. The molecule has 1 aromatic rings. The summed E-state index contributed by atoms with van der Waals surface area (Å²) >= 11 is 0. The Morgan fingerprint density at radius 2 is 2.28 bits per heavy atom. The molecule has 1 heterocycles. The second-order valence-electron chi connectivity index (χ2n) is 5.05. The Hall–Kier alpha value is -1.75. The average molecular weight is 250 g/mol. The van der Waals surface area contributed by atoms with Crippen molar-refractivity contribution in [2.24, 2.45) is 5.84 Å². The predicted molar refractivity (Wildman–Crippen MR) is 67.3 cm³/mol. The average Bonchev–Trinajstić information content (AvgIpc) is 2.63. The second kappa shape index (κ2) is 4.49. The van der Waals surface area contributed by atoms with E-state index in [0.717, 1.165) is 17.7 Å². The number of nitrogens with one attached hydrogen (secondary N) is 1. The van der Waals surface area contributed by atoms with Crippen LogP contribution in [0.4, 0.5) is 0 Å². The van der Waals surface area contributed by atoms with Gasteiger partial charge in [0.15, 0.2) is 17.6 Å². The molecule has 2 rings (SSSR count). The van der Waals surface area contributed by atoms with Crippen LogP contribution in [0.1, 0.15) is 26.3 Å². The van der Waals surface area contributed by atoms with Gasteiger partial charge >= 0.3 is 0 Å². The Balaban J connectivity index is 2.22. The number of hydrogen-bond acceptors (Lipinski definition) is 4. The van der Waals surface area contributed by atoms with Gasteiger partial charge in [0.2, 0.25) is 0 Å². The van der Waals surface area contributed by atoms with Crippen molar-refractivity contribution in [1.82, 2.24) is 5.43 Å². The first-order valence-corrected chi connectivity index (χ1v) is 5.91. The number of carbonyl (C=O) groups excluding carboxylic acids is 1. The fourth-order valence-corrected chi connectivity index (χ4v) is 2.04. The summed E-state index contributed by atoms with van der Waals surface area (Å²) in [5.74, 6) is 6.00. The zero-order valence-electron chi connectivity index (χ0n) is 10.8. The number of carbonyl (C=O) groups is 1. The molecule has 1 atom stereocenters. The predicted octanol–water partition coefficient (Wildman–Crippen LogP) is 1.16. The van der Waals surface area contributed by atoms with Crippen LogP contribution in [0.2, 0.25) is 0 Å². The van der Waals surface area contributed by atoms with E-state index in [1.807, 2.05) is 26.0 Å². The van der Waals surface area contributed by atoms with Crippen LogP contribution in [-0.4, -0.2) is 17.6 Å². The SMILES string of the molecule is CC(Oc1cccc2c1OC(C)(C)C2)C(=O)NN. The molecule has 0 aliphatic carbocycles. The quantitative estimate of drug-likeness (QED) is 0.479. The molecular weight excluding hydrogens is 232 g/mol. The van der Waals surface area contributed by atoms with Crippen molar-refractivity contribution in [2.75, 3.05) is 0 Å². The summed E-state index contributed by atoms with van der Waals surface area (Å²) in [6.45, 7) is 5.68. The Morgan fingerprint density at radius 1 is 1.56 bits per heavy atom. The number of ether oxygens (including phenoxy) is 2. The molecule has 0 saturated carbocycles. The largest absolute Gasteiger partial charge is 0.483 e. The van der Waals surface area contributed by atoms with Crippen LogP contribution >= 0.6 is 0 Å². The second-order valence-corrected chi connectivity index (χ2v) is 5.05. The lowest BCUT2D eigenvalue weighted by molar-refractivity contribution is -0.127. The van der Waals surface area contributed by atoms with Gasteiger partial charge in [0.1, 0.15) is 5.60 Å². The highest BCUT2D eigenvalue weighted by molar-refractivity contribution is 5.80. The zero-order chi connectivity index (χ0) is 13.3. The molecule has 1 aliphatic rings. The van der Waals surface area contributed by atoms with E-state index in [1.165, 1.54) is 0 Å². The van der Waals surface area contributed by atoms with E-state index < -0.39 is 6.10 Å². The minimum absolute atomic E-state index is 0.235. The Bertz CT molecular complexity index is 471. The van der Waals surface area contributed by atoms with Crippen molar-refractivity contribution < 1.29 is 14.3 Å². The van der Waals surface area contributed by atoms with Gasteiger partial charge in [-0.3, -0.25) is 10.2 Å². The Morgan fingerprint density at radius 3 is 2.94 bits per heavy atom. The third kappa shape index (κ3) is 2.41. The zero-order valence-corrected chi connectivity index (χ0v) is 10.8. The smallest absolute Gasteiger partial charge is 0.274 e. The van der Waals surface area contributed by atoms with Crippen molar-refractivity contribution in [3.05, 3.63) is 23.8 Å². The number of hydrogen-bond donors (Lipinski definition) is 2. The van der Waals surface area contributed by atoms with Gasteiger partial charge in [-0.05, 0) is 26.8 Å². The molecule has 3 N–H and O–H groups in total. The Labute approximate surface area is 106 Å². The first-order chi connectivity index (χ1) is 8.43. The number of benzene rings is 1. The van der Waals surface area contributed by atoms with Gasteiger partial charge in [-0.15, -0.1) is 0 Å². The topological polar surface area (TPSA) is 73.6 Å². The van der Waals surface area contributed by atoms with E-state index in [4.69, 9.17) is 15.3 Å². The lowest BCUT2D eigenvalue weighted by Crippen LogP contribution is -2.40. The van der Waals surface area contributed by atoms with Crippen molar-refractivity contribution >= 4 is 5.91 Å². The van der Waals surface area contributed by atoms with Crippen LogP contribution in [0.5, 0.6) is 11.5 Å². The number of hydrazine groups is 1. The first kappa shape index (κ1) is 12.7. The van der Waals surface area contributed by atoms with E-state index in [1.54, 1.807) is 13.0 Å². The van der Waals surface area contributed by atoms with Crippen LogP contribution in [0.25, 0.3) is 0 Å². The molecule has 1 aliphatic heterocycles. The van der Waals surface area contributed by atoms with E-state index in [0.29, 0.717) is 5.75 Å². The molecule has 0 aromatic heterocycles. The highest BCUT2D eigenvalue weighted by Gasteiger charge is 2.32. The summed E-state index contributed by atoms with van der Waals surface area (Å²) < 4.78 is 11.4. The maximum Gasteiger partial charge on any atom is 0.274 e. The van der Waals surface area contributed by atoms with Gasteiger partial charge in [0.05, 0.1) is 0 Å². The first-order valence-electron chi connectivity index (χ1n) is 5.91. The third-order valence-corrected chi connectivity index (χ3v) is 2.87. The molecule has 0 fully saturated rings. The number of amides is 1. The summed E-state index contributed by atoms with van der Waals surface area (Å²) in [7, 11) is 0. The van der Waals surface area contributed by atoms with E-state index in [9.17, 15) is 4.79 Å². The lowest BCUT2D eigenvalue weighted by Gasteiger charge is -2.19. The van der Waals surface area contributed by atoms with Gasteiger partial charge in [-0.2, -0.15) is 0 Å². The minimum atomic E-state index is -0.659. The molecule has 1 unspecified atom stereocenters. The van der Waals surface area contributed by atoms with Crippen molar-refractivity contribution in [3.63, 3.8) is 0 Å². The normalized spacial score (nSPS) is 17.6. The molecular formula is C13H18N2O3. The fourth-order valence-electron chi connectivity index (χ4n) is 2.04.